The first kappa shape index (κ1) is 18.0. The Morgan fingerprint density at radius 1 is 1.00 bits per heavy atom. The van der Waals surface area contributed by atoms with Crippen molar-refractivity contribution in [2.75, 3.05) is 0 Å². The highest BCUT2D eigenvalue weighted by Crippen LogP contribution is 2.69. The number of hydrogen-bond acceptors (Lipinski definition) is 3. The maximum Gasteiger partial charge on any atom is 0.162 e. The van der Waals surface area contributed by atoms with Crippen molar-refractivity contribution in [3.63, 3.8) is 0 Å². The van der Waals surface area contributed by atoms with Gasteiger partial charge in [-0.25, -0.2) is 0 Å². The molecule has 0 aromatic carbocycles. The lowest BCUT2D eigenvalue weighted by atomic mass is 9.44. The molecule has 142 valence electrons. The monoisotopic (exact) mass is 348 g/mol. The van der Waals surface area contributed by atoms with Gasteiger partial charge in [0.15, 0.2) is 5.78 Å². The zero-order valence-electron chi connectivity index (χ0n) is 16.4. The highest BCUT2D eigenvalue weighted by atomic mass is 16.3. The van der Waals surface area contributed by atoms with Gasteiger partial charge in [0.25, 0.3) is 0 Å². The smallest absolute Gasteiger partial charge is 0.162 e. The number of rotatable bonds is 1. The first-order valence-corrected chi connectivity index (χ1v) is 10.6. The third kappa shape index (κ3) is 2.15. The number of carbonyl (C=O) groups is 1. The number of aliphatic hydroxyl groups excluding tert-OH is 1. The molecule has 9 atom stereocenters. The van der Waals surface area contributed by atoms with E-state index >= 15 is 0 Å². The lowest BCUT2D eigenvalue weighted by molar-refractivity contribution is -0.175. The van der Waals surface area contributed by atoms with Crippen molar-refractivity contribution in [3.05, 3.63) is 0 Å². The quantitative estimate of drug-likeness (QED) is 0.754. The lowest BCUT2D eigenvalue weighted by Crippen LogP contribution is -2.59. The Morgan fingerprint density at radius 3 is 2.40 bits per heavy atom. The minimum Gasteiger partial charge on any atom is -0.393 e. The van der Waals surface area contributed by atoms with E-state index in [-0.39, 0.29) is 23.2 Å². The van der Waals surface area contributed by atoms with Crippen molar-refractivity contribution >= 4 is 5.78 Å². The molecule has 0 heterocycles. The van der Waals surface area contributed by atoms with Crippen LogP contribution in [0.5, 0.6) is 0 Å². The molecule has 2 N–H and O–H groups in total. The molecule has 25 heavy (non-hydrogen) atoms. The van der Waals surface area contributed by atoms with E-state index in [0.29, 0.717) is 29.1 Å². The van der Waals surface area contributed by atoms with E-state index in [1.165, 1.54) is 12.8 Å². The number of ketones is 1. The Hall–Kier alpha value is -0.410. The van der Waals surface area contributed by atoms with Gasteiger partial charge < -0.3 is 10.2 Å². The summed E-state index contributed by atoms with van der Waals surface area (Å²) >= 11 is 0. The van der Waals surface area contributed by atoms with E-state index in [1.807, 2.05) is 0 Å². The molecule has 4 aliphatic rings. The molecule has 0 spiro atoms. The van der Waals surface area contributed by atoms with Crippen LogP contribution in [0, 0.1) is 40.4 Å². The average molecular weight is 349 g/mol. The summed E-state index contributed by atoms with van der Waals surface area (Å²) in [6, 6.07) is 0. The predicted octanol–water partition coefficient (Wildman–Crippen LogP) is 3.96. The van der Waals surface area contributed by atoms with Gasteiger partial charge in [0.2, 0.25) is 0 Å². The molecule has 0 aromatic rings. The van der Waals surface area contributed by atoms with Gasteiger partial charge in [0.05, 0.1) is 6.10 Å². The molecule has 4 saturated carbocycles. The van der Waals surface area contributed by atoms with E-state index in [1.54, 1.807) is 6.92 Å². The van der Waals surface area contributed by atoms with Gasteiger partial charge in [-0.05, 0) is 93.3 Å². The molecule has 0 radical (unpaired) electrons. The molecule has 0 amide bonds. The fourth-order valence-corrected chi connectivity index (χ4v) is 8.33. The first-order chi connectivity index (χ1) is 11.6. The molecule has 3 heteroatoms. The van der Waals surface area contributed by atoms with Crippen molar-refractivity contribution in [1.82, 2.24) is 0 Å². The van der Waals surface area contributed by atoms with Gasteiger partial charge in [-0.15, -0.1) is 0 Å². The minimum atomic E-state index is -1.14. The minimum absolute atomic E-state index is 0.0239. The molecule has 3 nitrogen and oxygen atoms in total. The van der Waals surface area contributed by atoms with Crippen LogP contribution in [0.15, 0.2) is 0 Å². The summed E-state index contributed by atoms with van der Waals surface area (Å²) in [6.45, 7) is 8.37. The summed E-state index contributed by atoms with van der Waals surface area (Å²) in [6.07, 6.45) is 8.53. The van der Waals surface area contributed by atoms with Crippen LogP contribution >= 0.6 is 0 Å². The summed E-state index contributed by atoms with van der Waals surface area (Å²) in [5.41, 5.74) is -1.04. The molecular formula is C22H36O3. The molecule has 4 rings (SSSR count). The summed E-state index contributed by atoms with van der Waals surface area (Å²) < 4.78 is 0. The third-order valence-electron chi connectivity index (χ3n) is 9.76. The van der Waals surface area contributed by atoms with Crippen molar-refractivity contribution in [3.8, 4) is 0 Å². The van der Waals surface area contributed by atoms with E-state index in [0.717, 1.165) is 38.5 Å². The summed E-state index contributed by atoms with van der Waals surface area (Å²) in [4.78, 5) is 12.4. The number of fused-ring (bicyclic) bond motifs is 5. The highest BCUT2D eigenvalue weighted by Gasteiger charge is 2.68. The van der Waals surface area contributed by atoms with Gasteiger partial charge >= 0.3 is 0 Å². The zero-order valence-corrected chi connectivity index (χ0v) is 16.4. The van der Waals surface area contributed by atoms with Gasteiger partial charge in [0, 0.05) is 5.41 Å². The van der Waals surface area contributed by atoms with Crippen molar-refractivity contribution < 1.29 is 15.0 Å². The van der Waals surface area contributed by atoms with Crippen LogP contribution in [0.2, 0.25) is 0 Å². The van der Waals surface area contributed by atoms with Crippen LogP contribution in [0.25, 0.3) is 0 Å². The Balaban J connectivity index is 1.67. The van der Waals surface area contributed by atoms with E-state index in [2.05, 4.69) is 20.8 Å². The van der Waals surface area contributed by atoms with Crippen LogP contribution in [0.3, 0.4) is 0 Å². The fraction of sp³-hybridized carbons (Fsp3) is 0.955. The van der Waals surface area contributed by atoms with Crippen molar-refractivity contribution in [2.24, 2.45) is 40.4 Å². The Labute approximate surface area is 152 Å². The molecular weight excluding hydrogens is 312 g/mol. The SMILES string of the molecule is CC(=O)[C@@]1(O)[C@H](C)C[C@@H]2[C@@H]3CC[C@H]4C[C@H](O)CC[C@]4(C)[C@H]3CC[C@]21C. The van der Waals surface area contributed by atoms with Crippen LogP contribution in [-0.2, 0) is 4.79 Å². The van der Waals surface area contributed by atoms with Crippen LogP contribution in [0.4, 0.5) is 0 Å². The van der Waals surface area contributed by atoms with Crippen molar-refractivity contribution in [2.45, 2.75) is 90.8 Å². The maximum absolute atomic E-state index is 12.4. The number of aliphatic hydroxyl groups is 2. The van der Waals surface area contributed by atoms with E-state index in [9.17, 15) is 15.0 Å². The number of carbonyl (C=O) groups excluding carboxylic acids is 1. The fourth-order valence-electron chi connectivity index (χ4n) is 8.33. The second kappa shape index (κ2) is 5.55. The van der Waals surface area contributed by atoms with Crippen LogP contribution < -0.4 is 0 Å². The first-order valence-electron chi connectivity index (χ1n) is 10.6. The zero-order chi connectivity index (χ0) is 18.2. The normalized spacial score (nSPS) is 58.2. The Bertz CT molecular complexity index is 574. The van der Waals surface area contributed by atoms with Crippen LogP contribution in [-0.4, -0.2) is 27.7 Å². The Kier molecular flexibility index (Phi) is 3.99. The second-order valence-corrected chi connectivity index (χ2v) is 10.5. The van der Waals surface area contributed by atoms with Crippen molar-refractivity contribution in [1.29, 1.82) is 0 Å². The largest absolute Gasteiger partial charge is 0.393 e. The molecule has 0 unspecified atom stereocenters. The molecule has 0 bridgehead atoms. The number of Topliss-reactive ketones (excluding diaryl/α,β-unsaturated/α-hetero) is 1. The molecule has 4 fully saturated rings. The second-order valence-electron chi connectivity index (χ2n) is 10.5. The predicted molar refractivity (Wildman–Crippen MR) is 97.9 cm³/mol. The molecule has 0 aromatic heterocycles. The van der Waals surface area contributed by atoms with Crippen LogP contribution in [0.1, 0.15) is 79.1 Å². The summed E-state index contributed by atoms with van der Waals surface area (Å²) in [5, 5.41) is 21.6. The average Bonchev–Trinajstić information content (AvgIpc) is 2.77. The highest BCUT2D eigenvalue weighted by molar-refractivity contribution is 5.86. The third-order valence-corrected chi connectivity index (χ3v) is 9.76. The van der Waals surface area contributed by atoms with Gasteiger partial charge in [0.1, 0.15) is 5.60 Å². The summed E-state index contributed by atoms with van der Waals surface area (Å²) in [5.74, 6) is 2.53. The van der Waals surface area contributed by atoms with E-state index < -0.39 is 5.60 Å². The van der Waals surface area contributed by atoms with E-state index in [4.69, 9.17) is 0 Å². The topological polar surface area (TPSA) is 57.5 Å². The Morgan fingerprint density at radius 2 is 1.72 bits per heavy atom. The molecule has 0 saturated heterocycles. The standard InChI is InChI=1S/C22H36O3/c1-13-11-19-17-6-5-15-12-16(24)7-9-20(15,3)18(17)8-10-21(19,4)22(13,25)14(2)23/h13,15-19,24-25H,5-12H2,1-4H3/t13-,15+,16-,17-,18+,19-,20+,21-,22+/m1/s1. The van der Waals surface area contributed by atoms with Gasteiger partial charge in [-0.3, -0.25) is 4.79 Å². The molecule has 4 aliphatic carbocycles. The lowest BCUT2D eigenvalue weighted by Gasteiger charge is -2.61. The number of hydrogen-bond donors (Lipinski definition) is 2. The summed E-state index contributed by atoms with van der Waals surface area (Å²) in [7, 11) is 0. The van der Waals surface area contributed by atoms with Gasteiger partial charge in [-0.1, -0.05) is 20.8 Å². The molecule has 0 aliphatic heterocycles. The maximum atomic E-state index is 12.4. The van der Waals surface area contributed by atoms with Gasteiger partial charge in [-0.2, -0.15) is 0 Å².